The highest BCUT2D eigenvalue weighted by atomic mass is 16.5. The monoisotopic (exact) mass is 860 g/mol. The Kier molecular flexibility index (Phi) is 48.0. The highest BCUT2D eigenvalue weighted by molar-refractivity contribution is 5.77. The van der Waals surface area contributed by atoms with E-state index in [1.807, 2.05) is 0 Å². The van der Waals surface area contributed by atoms with Gasteiger partial charge >= 0.3 is 5.97 Å². The van der Waals surface area contributed by atoms with Gasteiger partial charge in [-0.3, -0.25) is 9.59 Å². The molecule has 0 aliphatic carbocycles. The Labute approximate surface area is 380 Å². The summed E-state index contributed by atoms with van der Waals surface area (Å²) in [6, 6.07) is -0.707. The first-order valence-corrected chi connectivity index (χ1v) is 27.1. The van der Waals surface area contributed by atoms with Gasteiger partial charge in [-0.25, -0.2) is 0 Å². The molecular formula is C55H105NO5. The summed E-state index contributed by atoms with van der Waals surface area (Å²) < 4.78 is 5.92. The van der Waals surface area contributed by atoms with Crippen molar-refractivity contribution in [3.63, 3.8) is 0 Å². The van der Waals surface area contributed by atoms with Crippen LogP contribution in [0.15, 0.2) is 24.3 Å². The van der Waals surface area contributed by atoms with Crippen molar-refractivity contribution in [2.24, 2.45) is 0 Å². The van der Waals surface area contributed by atoms with E-state index < -0.39 is 18.2 Å². The molecule has 0 aromatic heterocycles. The van der Waals surface area contributed by atoms with Crippen LogP contribution in [0.1, 0.15) is 290 Å². The molecule has 0 saturated carbocycles. The Hall–Kier alpha value is -1.66. The van der Waals surface area contributed by atoms with E-state index in [4.69, 9.17) is 4.74 Å². The molecule has 3 unspecified atom stereocenters. The molecule has 360 valence electrons. The topological polar surface area (TPSA) is 95.9 Å². The van der Waals surface area contributed by atoms with Crippen LogP contribution in [-0.4, -0.2) is 46.9 Å². The molecule has 6 heteroatoms. The van der Waals surface area contributed by atoms with E-state index in [0.29, 0.717) is 19.3 Å². The summed E-state index contributed by atoms with van der Waals surface area (Å²) in [4.78, 5) is 26.1. The number of aliphatic hydroxyl groups excluding tert-OH is 2. The van der Waals surface area contributed by atoms with E-state index in [0.717, 1.165) is 51.4 Å². The average Bonchev–Trinajstić information content (AvgIpc) is 3.25. The molecule has 0 saturated heterocycles. The van der Waals surface area contributed by atoms with Crippen molar-refractivity contribution in [1.29, 1.82) is 0 Å². The van der Waals surface area contributed by atoms with Crippen LogP contribution in [0.2, 0.25) is 0 Å². The zero-order chi connectivity index (χ0) is 44.5. The van der Waals surface area contributed by atoms with Gasteiger partial charge in [-0.15, -0.1) is 0 Å². The van der Waals surface area contributed by atoms with Crippen molar-refractivity contribution < 1.29 is 24.5 Å². The predicted octanol–water partition coefficient (Wildman–Crippen LogP) is 16.3. The Morgan fingerprint density at radius 2 is 0.803 bits per heavy atom. The van der Waals surface area contributed by atoms with E-state index in [-0.39, 0.29) is 24.9 Å². The number of hydrogen-bond acceptors (Lipinski definition) is 5. The molecule has 0 radical (unpaired) electrons. The van der Waals surface area contributed by atoms with Crippen molar-refractivity contribution in [2.75, 3.05) is 6.61 Å². The van der Waals surface area contributed by atoms with Crippen LogP contribution in [-0.2, 0) is 14.3 Å². The second-order valence-corrected chi connectivity index (χ2v) is 18.6. The number of unbranched alkanes of at least 4 members (excludes halogenated alkanes) is 33. The number of allylic oxidation sites excluding steroid dienone is 4. The van der Waals surface area contributed by atoms with Gasteiger partial charge in [0.15, 0.2) is 0 Å². The fourth-order valence-corrected chi connectivity index (χ4v) is 8.37. The summed E-state index contributed by atoms with van der Waals surface area (Å²) >= 11 is 0. The molecule has 0 bridgehead atoms. The molecule has 3 atom stereocenters. The van der Waals surface area contributed by atoms with Crippen LogP contribution in [0.4, 0.5) is 0 Å². The number of ether oxygens (including phenoxy) is 1. The van der Waals surface area contributed by atoms with E-state index in [1.54, 1.807) is 0 Å². The van der Waals surface area contributed by atoms with Gasteiger partial charge in [-0.1, -0.05) is 231 Å². The first-order valence-electron chi connectivity index (χ1n) is 27.1. The van der Waals surface area contributed by atoms with Gasteiger partial charge in [-0.2, -0.15) is 0 Å². The zero-order valence-electron chi connectivity index (χ0n) is 41.1. The lowest BCUT2D eigenvalue weighted by Crippen LogP contribution is -2.46. The minimum absolute atomic E-state index is 0.0592. The molecule has 6 nitrogen and oxygen atoms in total. The third kappa shape index (κ3) is 44.7. The first kappa shape index (κ1) is 59.3. The molecule has 0 heterocycles. The van der Waals surface area contributed by atoms with Gasteiger partial charge in [0.2, 0.25) is 5.91 Å². The molecule has 0 aliphatic heterocycles. The molecule has 0 aliphatic rings. The lowest BCUT2D eigenvalue weighted by molar-refractivity contribution is -0.151. The van der Waals surface area contributed by atoms with Gasteiger partial charge < -0.3 is 20.3 Å². The number of hydrogen-bond donors (Lipinski definition) is 3. The summed E-state index contributed by atoms with van der Waals surface area (Å²) in [5.41, 5.74) is 0. The lowest BCUT2D eigenvalue weighted by Gasteiger charge is -2.24. The normalized spacial score (nSPS) is 13.3. The molecular weight excluding hydrogens is 755 g/mol. The molecule has 0 aromatic rings. The quantitative estimate of drug-likeness (QED) is 0.0322. The van der Waals surface area contributed by atoms with Crippen LogP contribution in [0, 0.1) is 0 Å². The summed E-state index contributed by atoms with van der Waals surface area (Å²) in [5.74, 6) is -0.495. The number of carbonyl (C=O) groups excluding carboxylic acids is 2. The first-order chi connectivity index (χ1) is 30.0. The minimum atomic E-state index is -0.791. The maximum atomic E-state index is 13.2. The van der Waals surface area contributed by atoms with Gasteiger partial charge in [-0.05, 0) is 70.6 Å². The zero-order valence-corrected chi connectivity index (χ0v) is 41.1. The van der Waals surface area contributed by atoms with Crippen molar-refractivity contribution in [3.8, 4) is 0 Å². The molecule has 0 fully saturated rings. The Morgan fingerprint density at radius 1 is 0.459 bits per heavy atom. The third-order valence-electron chi connectivity index (χ3n) is 12.5. The number of amides is 1. The number of carbonyl (C=O) groups is 2. The third-order valence-corrected chi connectivity index (χ3v) is 12.5. The molecule has 0 rings (SSSR count). The molecule has 3 N–H and O–H groups in total. The fourth-order valence-electron chi connectivity index (χ4n) is 8.37. The standard InChI is InChI=1S/C55H105NO5/c1-4-7-10-13-16-19-22-25-27-29-32-35-38-41-44-47-53(58)52(50-57)56-54(59)49-51(46-43-40-37-34-31-24-21-18-15-12-9-6-3)61-55(60)48-45-42-39-36-33-30-28-26-23-20-17-14-11-8-5-2/h20,23,34,37,51-53,57-58H,4-19,21-22,24-33,35-36,38-50H2,1-3H3,(H,56,59)/b23-20-,37-34-. The second-order valence-electron chi connectivity index (χ2n) is 18.6. The molecule has 61 heavy (non-hydrogen) atoms. The summed E-state index contributed by atoms with van der Waals surface area (Å²) in [6.45, 7) is 6.48. The van der Waals surface area contributed by atoms with Crippen molar-refractivity contribution in [2.45, 2.75) is 309 Å². The summed E-state index contributed by atoms with van der Waals surface area (Å²) in [7, 11) is 0. The maximum absolute atomic E-state index is 13.2. The van der Waals surface area contributed by atoms with E-state index in [1.165, 1.54) is 193 Å². The van der Waals surface area contributed by atoms with Gasteiger partial charge in [0.05, 0.1) is 25.2 Å². The van der Waals surface area contributed by atoms with Crippen LogP contribution in [0.25, 0.3) is 0 Å². The number of aliphatic hydroxyl groups is 2. The van der Waals surface area contributed by atoms with Crippen LogP contribution < -0.4 is 5.32 Å². The SMILES string of the molecule is CCCCCC/C=C\CCCCCCCCCC(=O)OC(CCC/C=C\CCCCCCCCC)CC(=O)NC(CO)C(O)CCCCCCCCCCCCCCCCC. The average molecular weight is 860 g/mol. The highest BCUT2D eigenvalue weighted by Crippen LogP contribution is 2.18. The van der Waals surface area contributed by atoms with Crippen LogP contribution >= 0.6 is 0 Å². The number of nitrogens with one attached hydrogen (secondary N) is 1. The van der Waals surface area contributed by atoms with E-state index >= 15 is 0 Å². The maximum Gasteiger partial charge on any atom is 0.306 e. The summed E-state index contributed by atoms with van der Waals surface area (Å²) in [6.07, 6.45) is 56.7. The van der Waals surface area contributed by atoms with Gasteiger partial charge in [0, 0.05) is 6.42 Å². The highest BCUT2D eigenvalue weighted by Gasteiger charge is 2.24. The molecule has 0 spiro atoms. The Balaban J connectivity index is 4.53. The van der Waals surface area contributed by atoms with Crippen LogP contribution in [0.5, 0.6) is 0 Å². The predicted molar refractivity (Wildman–Crippen MR) is 264 cm³/mol. The van der Waals surface area contributed by atoms with Crippen molar-refractivity contribution >= 4 is 11.9 Å². The van der Waals surface area contributed by atoms with Gasteiger partial charge in [0.25, 0.3) is 0 Å². The van der Waals surface area contributed by atoms with Crippen molar-refractivity contribution in [1.82, 2.24) is 5.32 Å². The van der Waals surface area contributed by atoms with E-state index in [9.17, 15) is 19.8 Å². The molecule has 0 aromatic carbocycles. The number of rotatable bonds is 49. The van der Waals surface area contributed by atoms with Crippen molar-refractivity contribution in [3.05, 3.63) is 24.3 Å². The fraction of sp³-hybridized carbons (Fsp3) is 0.891. The van der Waals surface area contributed by atoms with Gasteiger partial charge in [0.1, 0.15) is 6.10 Å². The molecule has 1 amide bonds. The van der Waals surface area contributed by atoms with Crippen LogP contribution in [0.3, 0.4) is 0 Å². The minimum Gasteiger partial charge on any atom is -0.462 e. The Bertz CT molecular complexity index is 966. The largest absolute Gasteiger partial charge is 0.462 e. The second kappa shape index (κ2) is 49.4. The lowest BCUT2D eigenvalue weighted by atomic mass is 10.0. The summed E-state index contributed by atoms with van der Waals surface area (Å²) in [5, 5.41) is 23.8. The Morgan fingerprint density at radius 3 is 1.21 bits per heavy atom. The smallest absolute Gasteiger partial charge is 0.306 e. The number of esters is 1. The van der Waals surface area contributed by atoms with E-state index in [2.05, 4.69) is 50.4 Å².